The number of rotatable bonds is 1. The van der Waals surface area contributed by atoms with E-state index in [1.807, 2.05) is 24.3 Å². The van der Waals surface area contributed by atoms with Crippen LogP contribution in [0.5, 0.6) is 0 Å². The average molecular weight is 139 g/mol. The quantitative estimate of drug-likeness (QED) is 0.523. The summed E-state index contributed by atoms with van der Waals surface area (Å²) in [6.07, 6.45) is 0. The van der Waals surface area contributed by atoms with Crippen molar-refractivity contribution in [3.8, 4) is 0 Å². The fraction of sp³-hybridized carbons (Fsp3) is 0.125. The first-order valence-electron chi connectivity index (χ1n) is 2.73. The largest absolute Gasteiger partial charge is 0.122 e. The van der Waals surface area contributed by atoms with Gasteiger partial charge in [-0.15, -0.1) is 11.6 Å². The maximum absolute atomic E-state index is 5.54. The Labute approximate surface area is 60.5 Å². The molecule has 46 valence electrons. The average Bonchev–Trinajstić information content (AvgIpc) is 1.90. The van der Waals surface area contributed by atoms with E-state index in [1.54, 1.807) is 0 Å². The summed E-state index contributed by atoms with van der Waals surface area (Å²) in [5.41, 5.74) is 1.88. The summed E-state index contributed by atoms with van der Waals surface area (Å²) < 4.78 is 0. The number of hydrogen-bond donors (Lipinski definition) is 0. The minimum absolute atomic E-state index is 0.556. The van der Waals surface area contributed by atoms with E-state index in [0.29, 0.717) is 5.88 Å². The van der Waals surface area contributed by atoms with E-state index in [1.165, 1.54) is 0 Å². The Kier molecular flexibility index (Phi) is 2.12. The molecule has 0 spiro atoms. The molecular weight excluding hydrogens is 132 g/mol. The maximum Gasteiger partial charge on any atom is 0.0474 e. The first kappa shape index (κ1) is 6.63. The SMILES string of the molecule is [CH]c1ccc(CCl)cc1. The van der Waals surface area contributed by atoms with Crippen molar-refractivity contribution in [3.05, 3.63) is 42.3 Å². The molecule has 0 bridgehead atoms. The van der Waals surface area contributed by atoms with Gasteiger partial charge in [-0.25, -0.2) is 0 Å². The molecule has 0 aliphatic rings. The molecule has 1 aromatic rings. The zero-order chi connectivity index (χ0) is 6.69. The number of halogens is 1. The summed E-state index contributed by atoms with van der Waals surface area (Å²) in [6, 6.07) is 7.53. The van der Waals surface area contributed by atoms with Gasteiger partial charge in [0.05, 0.1) is 0 Å². The summed E-state index contributed by atoms with van der Waals surface area (Å²) in [4.78, 5) is 0. The second-order valence-corrected chi connectivity index (χ2v) is 2.14. The summed E-state index contributed by atoms with van der Waals surface area (Å²) in [5, 5.41) is 0. The smallest absolute Gasteiger partial charge is 0.0474 e. The summed E-state index contributed by atoms with van der Waals surface area (Å²) in [6.45, 7) is 5.44. The van der Waals surface area contributed by atoms with Gasteiger partial charge < -0.3 is 0 Å². The Balaban J connectivity index is 2.88. The number of hydrogen-bond acceptors (Lipinski definition) is 0. The highest BCUT2D eigenvalue weighted by molar-refractivity contribution is 6.17. The van der Waals surface area contributed by atoms with Crippen molar-refractivity contribution in [1.82, 2.24) is 0 Å². The third-order valence-electron chi connectivity index (χ3n) is 1.13. The van der Waals surface area contributed by atoms with Crippen LogP contribution in [0, 0.1) is 6.92 Å². The van der Waals surface area contributed by atoms with E-state index in [2.05, 4.69) is 0 Å². The second-order valence-electron chi connectivity index (χ2n) is 1.88. The van der Waals surface area contributed by atoms with Gasteiger partial charge in [0.1, 0.15) is 0 Å². The third-order valence-corrected chi connectivity index (χ3v) is 1.44. The van der Waals surface area contributed by atoms with Crippen molar-refractivity contribution in [2.45, 2.75) is 5.88 Å². The molecule has 0 aliphatic carbocycles. The van der Waals surface area contributed by atoms with E-state index in [9.17, 15) is 0 Å². The Hall–Kier alpha value is -0.490. The van der Waals surface area contributed by atoms with Crippen molar-refractivity contribution in [1.29, 1.82) is 0 Å². The molecule has 0 amide bonds. The third kappa shape index (κ3) is 1.72. The Morgan fingerprint density at radius 2 is 1.78 bits per heavy atom. The van der Waals surface area contributed by atoms with Gasteiger partial charge >= 0.3 is 0 Å². The topological polar surface area (TPSA) is 0 Å². The molecule has 1 heteroatoms. The van der Waals surface area contributed by atoms with Gasteiger partial charge in [0.2, 0.25) is 0 Å². The van der Waals surface area contributed by atoms with Crippen molar-refractivity contribution in [2.24, 2.45) is 0 Å². The normalized spacial score (nSPS) is 9.56. The monoisotopic (exact) mass is 138 g/mol. The van der Waals surface area contributed by atoms with Gasteiger partial charge in [-0.1, -0.05) is 24.3 Å². The molecule has 0 saturated heterocycles. The van der Waals surface area contributed by atoms with Crippen molar-refractivity contribution in [3.63, 3.8) is 0 Å². The zero-order valence-corrected chi connectivity index (χ0v) is 5.73. The second kappa shape index (κ2) is 2.88. The van der Waals surface area contributed by atoms with E-state index < -0.39 is 0 Å². The zero-order valence-electron chi connectivity index (χ0n) is 4.97. The Morgan fingerprint density at radius 3 is 2.22 bits per heavy atom. The van der Waals surface area contributed by atoms with Crippen LogP contribution in [0.15, 0.2) is 24.3 Å². The molecule has 0 saturated carbocycles. The molecular formula is C8H7Cl. The minimum atomic E-state index is 0.556. The lowest BCUT2D eigenvalue weighted by Gasteiger charge is -1.93. The predicted octanol–water partition coefficient (Wildman–Crippen LogP) is 2.48. The van der Waals surface area contributed by atoms with Crippen LogP contribution in [0.4, 0.5) is 0 Å². The molecule has 1 rings (SSSR count). The summed E-state index contributed by atoms with van der Waals surface area (Å²) in [7, 11) is 0. The molecule has 0 nitrogen and oxygen atoms in total. The Bertz CT molecular complexity index is 176. The first-order chi connectivity index (χ1) is 4.33. The van der Waals surface area contributed by atoms with Gasteiger partial charge in [0.15, 0.2) is 0 Å². The molecule has 0 heterocycles. The van der Waals surface area contributed by atoms with Crippen molar-refractivity contribution in [2.75, 3.05) is 0 Å². The number of benzene rings is 1. The predicted molar refractivity (Wildman–Crippen MR) is 39.4 cm³/mol. The summed E-state index contributed by atoms with van der Waals surface area (Å²) in [5.74, 6) is 0.556. The van der Waals surface area contributed by atoms with Gasteiger partial charge in [0.25, 0.3) is 0 Å². The highest BCUT2D eigenvalue weighted by Gasteiger charge is 1.86. The van der Waals surface area contributed by atoms with Gasteiger partial charge in [-0.2, -0.15) is 0 Å². The van der Waals surface area contributed by atoms with E-state index in [0.717, 1.165) is 11.1 Å². The first-order valence-corrected chi connectivity index (χ1v) is 3.27. The fourth-order valence-electron chi connectivity index (χ4n) is 0.607. The molecule has 0 unspecified atom stereocenters. The lowest BCUT2D eigenvalue weighted by atomic mass is 10.2. The molecule has 0 aromatic heterocycles. The number of alkyl halides is 1. The minimum Gasteiger partial charge on any atom is -0.122 e. The van der Waals surface area contributed by atoms with E-state index in [4.69, 9.17) is 18.5 Å². The van der Waals surface area contributed by atoms with Crippen LogP contribution in [0.1, 0.15) is 11.1 Å². The van der Waals surface area contributed by atoms with Crippen molar-refractivity contribution < 1.29 is 0 Å². The molecule has 2 radical (unpaired) electrons. The molecule has 9 heavy (non-hydrogen) atoms. The molecule has 1 aromatic carbocycles. The standard InChI is InChI=1S/C8H7Cl/c1-7-2-4-8(6-9)5-3-7/h1-5H,6H2. The van der Waals surface area contributed by atoms with Gasteiger partial charge in [-0.05, 0) is 18.1 Å². The molecule has 0 aliphatic heterocycles. The summed E-state index contributed by atoms with van der Waals surface area (Å²) >= 11 is 5.54. The molecule has 0 fully saturated rings. The van der Waals surface area contributed by atoms with Gasteiger partial charge in [-0.3, -0.25) is 0 Å². The van der Waals surface area contributed by atoms with Crippen LogP contribution in [-0.2, 0) is 5.88 Å². The van der Waals surface area contributed by atoms with Crippen LogP contribution in [0.25, 0.3) is 0 Å². The van der Waals surface area contributed by atoms with E-state index in [-0.39, 0.29) is 0 Å². The van der Waals surface area contributed by atoms with Crippen LogP contribution < -0.4 is 0 Å². The Morgan fingerprint density at radius 1 is 1.22 bits per heavy atom. The van der Waals surface area contributed by atoms with Gasteiger partial charge in [0, 0.05) is 5.88 Å². The van der Waals surface area contributed by atoms with Crippen LogP contribution >= 0.6 is 11.6 Å². The lowest BCUT2D eigenvalue weighted by Crippen LogP contribution is -1.75. The highest BCUT2D eigenvalue weighted by atomic mass is 35.5. The van der Waals surface area contributed by atoms with Crippen LogP contribution in [-0.4, -0.2) is 0 Å². The highest BCUT2D eigenvalue weighted by Crippen LogP contribution is 2.04. The molecule has 0 atom stereocenters. The lowest BCUT2D eigenvalue weighted by molar-refractivity contribution is 1.39. The maximum atomic E-state index is 5.54. The molecule has 0 N–H and O–H groups in total. The van der Waals surface area contributed by atoms with Crippen LogP contribution in [0.3, 0.4) is 0 Å². The van der Waals surface area contributed by atoms with E-state index >= 15 is 0 Å². The van der Waals surface area contributed by atoms with Crippen LogP contribution in [0.2, 0.25) is 0 Å². The van der Waals surface area contributed by atoms with Crippen molar-refractivity contribution >= 4 is 11.6 Å². The fourth-order valence-corrected chi connectivity index (χ4v) is 0.785.